The Balaban J connectivity index is 2.64. The van der Waals surface area contributed by atoms with Gasteiger partial charge in [0.1, 0.15) is 5.82 Å². The lowest BCUT2D eigenvalue weighted by molar-refractivity contribution is 0.513. The summed E-state index contributed by atoms with van der Waals surface area (Å²) < 4.78 is 0. The first-order chi connectivity index (χ1) is 8.19. The van der Waals surface area contributed by atoms with Crippen molar-refractivity contribution in [3.05, 3.63) is 22.9 Å². The maximum atomic E-state index is 4.85. The van der Waals surface area contributed by atoms with Crippen LogP contribution in [0.1, 0.15) is 58.4 Å². The Morgan fingerprint density at radius 1 is 1.06 bits per heavy atom. The molecule has 1 N–H and O–H groups in total. The molecule has 1 aliphatic rings. The van der Waals surface area contributed by atoms with E-state index in [2.05, 4.69) is 57.9 Å². The lowest BCUT2D eigenvalue weighted by atomic mass is 9.78. The fourth-order valence-electron chi connectivity index (χ4n) is 2.19. The van der Waals surface area contributed by atoms with E-state index < -0.39 is 0 Å². The Hall–Kier alpha value is -1.38. The summed E-state index contributed by atoms with van der Waals surface area (Å²) in [5.74, 6) is 0.961. The van der Waals surface area contributed by atoms with Gasteiger partial charge in [-0.25, -0.2) is 4.98 Å². The van der Waals surface area contributed by atoms with Crippen molar-refractivity contribution in [1.29, 1.82) is 0 Å². The molecule has 0 aromatic carbocycles. The molecule has 18 heavy (non-hydrogen) atoms. The monoisotopic (exact) mass is 245 g/mol. The number of aliphatic imine (C=N–C) groups is 1. The van der Waals surface area contributed by atoms with Gasteiger partial charge in [0.15, 0.2) is 0 Å². The molecule has 3 heteroatoms. The van der Waals surface area contributed by atoms with E-state index in [9.17, 15) is 0 Å². The lowest BCUT2D eigenvalue weighted by Crippen LogP contribution is -2.25. The van der Waals surface area contributed by atoms with Gasteiger partial charge in [-0.1, -0.05) is 41.5 Å². The molecule has 0 atom stereocenters. The Morgan fingerprint density at radius 3 is 2.28 bits per heavy atom. The first kappa shape index (κ1) is 13.1. The molecule has 2 heterocycles. The van der Waals surface area contributed by atoms with Gasteiger partial charge in [0, 0.05) is 11.0 Å². The van der Waals surface area contributed by atoms with Gasteiger partial charge in [-0.3, -0.25) is 4.99 Å². The second kappa shape index (κ2) is 4.08. The van der Waals surface area contributed by atoms with Crippen LogP contribution in [-0.4, -0.2) is 11.3 Å². The van der Waals surface area contributed by atoms with Crippen molar-refractivity contribution in [2.45, 2.75) is 58.9 Å². The van der Waals surface area contributed by atoms with Crippen LogP contribution in [0.25, 0.3) is 0 Å². The van der Waals surface area contributed by atoms with E-state index in [1.165, 1.54) is 16.8 Å². The van der Waals surface area contributed by atoms with E-state index in [1.807, 2.05) is 0 Å². The molecule has 1 aliphatic heterocycles. The highest BCUT2D eigenvalue weighted by Crippen LogP contribution is 2.35. The Morgan fingerprint density at radius 2 is 1.72 bits per heavy atom. The first-order valence-electron chi connectivity index (χ1n) is 6.49. The molecular weight excluding hydrogens is 222 g/mol. The minimum absolute atomic E-state index is 0.0495. The Labute approximate surface area is 110 Å². The zero-order valence-electron chi connectivity index (χ0n) is 12.3. The summed E-state index contributed by atoms with van der Waals surface area (Å²) >= 11 is 0. The van der Waals surface area contributed by atoms with Crippen LogP contribution in [0.15, 0.2) is 11.1 Å². The van der Waals surface area contributed by atoms with E-state index in [0.29, 0.717) is 0 Å². The van der Waals surface area contributed by atoms with Crippen molar-refractivity contribution in [3.63, 3.8) is 0 Å². The highest BCUT2D eigenvalue weighted by atomic mass is 15.1. The van der Waals surface area contributed by atoms with Crippen LogP contribution in [0.5, 0.6) is 0 Å². The Bertz CT molecular complexity index is 443. The predicted molar refractivity (Wildman–Crippen MR) is 77.5 cm³/mol. The number of hydrogen-bond donors (Lipinski definition) is 1. The largest absolute Gasteiger partial charge is 0.331 e. The molecule has 0 saturated carbocycles. The van der Waals surface area contributed by atoms with Gasteiger partial charge in [-0.15, -0.1) is 0 Å². The fourth-order valence-corrected chi connectivity index (χ4v) is 2.19. The van der Waals surface area contributed by atoms with Gasteiger partial charge >= 0.3 is 0 Å². The standard InChI is InChI=1S/C15H23N3/c1-14(2,3)11-7-10-8-16-9-17-13(10)18-12(11)15(4,5)6/h7,9H,8H2,1-6H3,(H,16,17,18). The van der Waals surface area contributed by atoms with E-state index in [0.717, 1.165) is 12.4 Å². The SMILES string of the molecule is CC(C)(C)c1cc2c(nc1C(C)(C)C)NC=NC2. The van der Waals surface area contributed by atoms with Gasteiger partial charge in [0.2, 0.25) is 0 Å². The zero-order chi connectivity index (χ0) is 13.6. The molecular formula is C15H23N3. The van der Waals surface area contributed by atoms with Gasteiger partial charge in [-0.2, -0.15) is 0 Å². The third-order valence-corrected chi connectivity index (χ3v) is 3.17. The molecule has 98 valence electrons. The molecule has 1 aromatic heterocycles. The van der Waals surface area contributed by atoms with E-state index in [1.54, 1.807) is 6.34 Å². The summed E-state index contributed by atoms with van der Waals surface area (Å²) in [6, 6.07) is 2.27. The molecule has 0 aliphatic carbocycles. The number of fused-ring (bicyclic) bond motifs is 1. The van der Waals surface area contributed by atoms with E-state index >= 15 is 0 Å². The normalized spacial score (nSPS) is 15.2. The average molecular weight is 245 g/mol. The van der Waals surface area contributed by atoms with Crippen molar-refractivity contribution in [3.8, 4) is 0 Å². The third-order valence-electron chi connectivity index (χ3n) is 3.17. The molecule has 2 rings (SSSR count). The summed E-state index contributed by atoms with van der Waals surface area (Å²) in [6.45, 7) is 14.1. The summed E-state index contributed by atoms with van der Waals surface area (Å²) in [4.78, 5) is 9.11. The fraction of sp³-hybridized carbons (Fsp3) is 0.600. The van der Waals surface area contributed by atoms with Crippen molar-refractivity contribution in [2.75, 3.05) is 5.32 Å². The van der Waals surface area contributed by atoms with Crippen molar-refractivity contribution in [1.82, 2.24) is 4.98 Å². The molecule has 0 amide bonds. The van der Waals surface area contributed by atoms with Gasteiger partial charge < -0.3 is 5.32 Å². The maximum absolute atomic E-state index is 4.85. The second-order valence-corrected chi connectivity index (χ2v) is 7.01. The highest BCUT2D eigenvalue weighted by Gasteiger charge is 2.28. The van der Waals surface area contributed by atoms with Crippen LogP contribution in [0.4, 0.5) is 5.82 Å². The van der Waals surface area contributed by atoms with Gasteiger partial charge in [-0.05, 0) is 17.0 Å². The van der Waals surface area contributed by atoms with Crippen LogP contribution in [0.3, 0.4) is 0 Å². The van der Waals surface area contributed by atoms with Crippen LogP contribution >= 0.6 is 0 Å². The van der Waals surface area contributed by atoms with Gasteiger partial charge in [0.25, 0.3) is 0 Å². The van der Waals surface area contributed by atoms with Crippen molar-refractivity contribution in [2.24, 2.45) is 4.99 Å². The smallest absolute Gasteiger partial charge is 0.136 e. The van der Waals surface area contributed by atoms with Crippen molar-refractivity contribution < 1.29 is 0 Å². The van der Waals surface area contributed by atoms with Crippen LogP contribution in [0, 0.1) is 0 Å². The molecule has 0 fully saturated rings. The average Bonchev–Trinajstić information content (AvgIpc) is 2.25. The minimum atomic E-state index is 0.0495. The van der Waals surface area contributed by atoms with E-state index in [4.69, 9.17) is 4.98 Å². The highest BCUT2D eigenvalue weighted by molar-refractivity contribution is 5.77. The van der Waals surface area contributed by atoms with E-state index in [-0.39, 0.29) is 10.8 Å². The molecule has 0 spiro atoms. The number of rotatable bonds is 0. The quantitative estimate of drug-likeness (QED) is 0.758. The van der Waals surface area contributed by atoms with Crippen LogP contribution < -0.4 is 5.32 Å². The van der Waals surface area contributed by atoms with Crippen molar-refractivity contribution >= 4 is 12.2 Å². The summed E-state index contributed by atoms with van der Waals surface area (Å²) in [5, 5.41) is 3.15. The van der Waals surface area contributed by atoms with Crippen LogP contribution in [-0.2, 0) is 17.4 Å². The number of anilines is 1. The summed E-state index contributed by atoms with van der Waals surface area (Å²) in [7, 11) is 0. The first-order valence-corrected chi connectivity index (χ1v) is 6.49. The number of aromatic nitrogens is 1. The zero-order valence-corrected chi connectivity index (χ0v) is 12.3. The summed E-state index contributed by atoms with van der Waals surface area (Å²) in [6.07, 6.45) is 1.73. The second-order valence-electron chi connectivity index (χ2n) is 7.01. The third kappa shape index (κ3) is 2.40. The number of pyridine rings is 1. The topological polar surface area (TPSA) is 37.3 Å². The molecule has 0 bridgehead atoms. The lowest BCUT2D eigenvalue weighted by Gasteiger charge is -2.30. The number of nitrogens with one attached hydrogen (secondary N) is 1. The molecule has 1 aromatic rings. The molecule has 3 nitrogen and oxygen atoms in total. The summed E-state index contributed by atoms with van der Waals surface area (Å²) in [5.41, 5.74) is 3.85. The Kier molecular flexibility index (Phi) is 2.96. The predicted octanol–water partition coefficient (Wildman–Crippen LogP) is 3.63. The van der Waals surface area contributed by atoms with Crippen LogP contribution in [0.2, 0.25) is 0 Å². The molecule has 0 radical (unpaired) electrons. The molecule has 0 saturated heterocycles. The molecule has 0 unspecified atom stereocenters. The minimum Gasteiger partial charge on any atom is -0.331 e. The number of nitrogens with zero attached hydrogens (tertiary/aromatic N) is 2. The van der Waals surface area contributed by atoms with Gasteiger partial charge in [0.05, 0.1) is 18.6 Å². The number of hydrogen-bond acceptors (Lipinski definition) is 3. The maximum Gasteiger partial charge on any atom is 0.136 e.